The van der Waals surface area contributed by atoms with E-state index in [-0.39, 0.29) is 37.6 Å². The lowest BCUT2D eigenvalue weighted by Gasteiger charge is -2.05. The van der Waals surface area contributed by atoms with Gasteiger partial charge >= 0.3 is 23.9 Å². The van der Waals surface area contributed by atoms with Crippen molar-refractivity contribution in [3.05, 3.63) is 36.5 Å². The lowest BCUT2D eigenvalue weighted by atomic mass is 10.4. The van der Waals surface area contributed by atoms with E-state index in [1.807, 2.05) is 0 Å². The third-order valence-electron chi connectivity index (χ3n) is 2.17. The van der Waals surface area contributed by atoms with Gasteiger partial charge in [-0.3, -0.25) is 0 Å². The molecule has 0 bridgehead atoms. The first-order chi connectivity index (χ1) is 11.2. The van der Waals surface area contributed by atoms with Crippen molar-refractivity contribution in [2.24, 2.45) is 0 Å². The molecular formula is C16H20O8. The largest absolute Gasteiger partial charge is 0.459 e. The molecule has 0 unspecified atom stereocenters. The summed E-state index contributed by atoms with van der Waals surface area (Å²) < 4.78 is 18.8. The van der Waals surface area contributed by atoms with E-state index < -0.39 is 23.9 Å². The zero-order chi connectivity index (χ0) is 18.5. The fraction of sp³-hybridized carbons (Fsp3) is 0.375. The zero-order valence-corrected chi connectivity index (χ0v) is 13.7. The molecule has 0 aromatic heterocycles. The molecule has 0 heterocycles. The van der Waals surface area contributed by atoms with Gasteiger partial charge in [-0.2, -0.15) is 0 Å². The zero-order valence-electron chi connectivity index (χ0n) is 13.7. The first-order valence-electron chi connectivity index (χ1n) is 6.91. The van der Waals surface area contributed by atoms with E-state index >= 15 is 0 Å². The molecule has 0 radical (unpaired) electrons. The number of carbonyl (C=O) groups is 4. The van der Waals surface area contributed by atoms with Crippen molar-refractivity contribution >= 4 is 23.9 Å². The summed E-state index contributed by atoms with van der Waals surface area (Å²) in [5.41, 5.74) is 0.468. The summed E-state index contributed by atoms with van der Waals surface area (Å²) in [5.74, 6) is -2.77. The molecule has 0 N–H and O–H groups in total. The van der Waals surface area contributed by atoms with Crippen LogP contribution in [0.3, 0.4) is 0 Å². The molecule has 0 fully saturated rings. The predicted molar refractivity (Wildman–Crippen MR) is 82.6 cm³/mol. The molecule has 0 amide bonds. The maximum atomic E-state index is 11.3. The maximum Gasteiger partial charge on any atom is 0.333 e. The minimum atomic E-state index is -0.799. The Morgan fingerprint density at radius 1 is 0.667 bits per heavy atom. The van der Waals surface area contributed by atoms with Crippen LogP contribution in [-0.2, 0) is 38.1 Å². The summed E-state index contributed by atoms with van der Waals surface area (Å²) in [5, 5.41) is 0. The van der Waals surface area contributed by atoms with Crippen molar-refractivity contribution in [1.29, 1.82) is 0 Å². The number of hydrogen-bond donors (Lipinski definition) is 0. The molecule has 8 nitrogen and oxygen atoms in total. The van der Waals surface area contributed by atoms with E-state index in [1.54, 1.807) is 0 Å². The molecule has 0 aliphatic rings. The van der Waals surface area contributed by atoms with Crippen LogP contribution in [0.25, 0.3) is 0 Å². The Labute approximate surface area is 139 Å². The molecule has 0 saturated heterocycles. The van der Waals surface area contributed by atoms with Gasteiger partial charge in [0.15, 0.2) is 0 Å². The van der Waals surface area contributed by atoms with E-state index in [0.717, 1.165) is 12.2 Å². The summed E-state index contributed by atoms with van der Waals surface area (Å²) in [6.07, 6.45) is 1.73. The van der Waals surface area contributed by atoms with Crippen LogP contribution in [0.5, 0.6) is 0 Å². The van der Waals surface area contributed by atoms with Gasteiger partial charge in [0, 0.05) is 23.3 Å². The highest BCUT2D eigenvalue weighted by Crippen LogP contribution is 1.93. The summed E-state index contributed by atoms with van der Waals surface area (Å²) in [7, 11) is 0. The first kappa shape index (κ1) is 21.1. The topological polar surface area (TPSA) is 105 Å². The van der Waals surface area contributed by atoms with Gasteiger partial charge in [-0.1, -0.05) is 13.2 Å². The minimum Gasteiger partial charge on any atom is -0.459 e. The lowest BCUT2D eigenvalue weighted by molar-refractivity contribution is -0.147. The Morgan fingerprint density at radius 3 is 1.25 bits per heavy atom. The van der Waals surface area contributed by atoms with Crippen LogP contribution in [0.4, 0.5) is 0 Å². The molecular weight excluding hydrogens is 320 g/mol. The molecule has 0 aliphatic heterocycles. The second-order valence-electron chi connectivity index (χ2n) is 4.50. The van der Waals surface area contributed by atoms with Gasteiger partial charge in [0.05, 0.1) is 0 Å². The Kier molecular flexibility index (Phi) is 10.2. The van der Waals surface area contributed by atoms with E-state index in [4.69, 9.17) is 9.47 Å². The van der Waals surface area contributed by atoms with Crippen LogP contribution in [0.1, 0.15) is 13.8 Å². The average molecular weight is 340 g/mol. The predicted octanol–water partition coefficient (Wildman–Crippen LogP) is 0.868. The monoisotopic (exact) mass is 340 g/mol. The van der Waals surface area contributed by atoms with Gasteiger partial charge in [0.25, 0.3) is 0 Å². The maximum absolute atomic E-state index is 11.3. The molecule has 0 aromatic carbocycles. The Balaban J connectivity index is 3.83. The van der Waals surface area contributed by atoms with Gasteiger partial charge in [0.1, 0.15) is 26.4 Å². The molecule has 24 heavy (non-hydrogen) atoms. The fourth-order valence-corrected chi connectivity index (χ4v) is 1.03. The van der Waals surface area contributed by atoms with E-state index in [9.17, 15) is 19.2 Å². The fourth-order valence-electron chi connectivity index (χ4n) is 1.03. The van der Waals surface area contributed by atoms with Crippen molar-refractivity contribution in [3.63, 3.8) is 0 Å². The molecule has 0 spiro atoms. The second kappa shape index (κ2) is 11.6. The molecule has 0 saturated carbocycles. The SMILES string of the molecule is C=C(C)C(=O)OCCOC(=O)/C=C/C(=O)OCCOC(=O)C(=C)C. The molecule has 8 heteroatoms. The van der Waals surface area contributed by atoms with Crippen LogP contribution >= 0.6 is 0 Å². The minimum absolute atomic E-state index is 0.121. The van der Waals surface area contributed by atoms with Crippen molar-refractivity contribution in [2.75, 3.05) is 26.4 Å². The lowest BCUT2D eigenvalue weighted by Crippen LogP contribution is -2.14. The van der Waals surface area contributed by atoms with Crippen molar-refractivity contribution in [3.8, 4) is 0 Å². The van der Waals surface area contributed by atoms with Gasteiger partial charge < -0.3 is 18.9 Å². The average Bonchev–Trinajstić information content (AvgIpc) is 2.52. The van der Waals surface area contributed by atoms with Gasteiger partial charge in [-0.15, -0.1) is 0 Å². The Hall–Kier alpha value is -2.90. The highest BCUT2D eigenvalue weighted by molar-refractivity contribution is 5.91. The Bertz CT molecular complexity index is 496. The van der Waals surface area contributed by atoms with Crippen molar-refractivity contribution in [2.45, 2.75) is 13.8 Å². The van der Waals surface area contributed by atoms with Crippen LogP contribution in [0, 0.1) is 0 Å². The van der Waals surface area contributed by atoms with Crippen LogP contribution in [0.2, 0.25) is 0 Å². The van der Waals surface area contributed by atoms with E-state index in [2.05, 4.69) is 22.6 Å². The van der Waals surface area contributed by atoms with Gasteiger partial charge in [-0.05, 0) is 13.8 Å². The number of esters is 4. The van der Waals surface area contributed by atoms with E-state index in [0.29, 0.717) is 0 Å². The first-order valence-corrected chi connectivity index (χ1v) is 6.91. The number of ether oxygens (including phenoxy) is 4. The summed E-state index contributed by atoms with van der Waals surface area (Å²) in [4.78, 5) is 44.6. The molecule has 0 rings (SSSR count). The highest BCUT2D eigenvalue weighted by atomic mass is 16.6. The standard InChI is InChI=1S/C16H20O8/c1-11(2)15(19)23-9-7-21-13(17)5-6-14(18)22-8-10-24-16(20)12(3)4/h5-6H,1,3,7-10H2,2,4H3/b6-5+. The molecule has 0 aliphatic carbocycles. The quantitative estimate of drug-likeness (QED) is 0.250. The smallest absolute Gasteiger partial charge is 0.333 e. The summed E-state index contributed by atoms with van der Waals surface area (Å²) in [6.45, 7) is 9.20. The van der Waals surface area contributed by atoms with E-state index in [1.165, 1.54) is 13.8 Å². The summed E-state index contributed by atoms with van der Waals surface area (Å²) >= 11 is 0. The van der Waals surface area contributed by atoms with Gasteiger partial charge in [-0.25, -0.2) is 19.2 Å². The molecule has 132 valence electrons. The third-order valence-corrected chi connectivity index (χ3v) is 2.17. The number of rotatable bonds is 10. The third kappa shape index (κ3) is 10.8. The highest BCUT2D eigenvalue weighted by Gasteiger charge is 2.05. The van der Waals surface area contributed by atoms with Crippen LogP contribution < -0.4 is 0 Å². The number of carbonyl (C=O) groups excluding carboxylic acids is 4. The van der Waals surface area contributed by atoms with Crippen LogP contribution in [-0.4, -0.2) is 50.3 Å². The van der Waals surface area contributed by atoms with Crippen molar-refractivity contribution in [1.82, 2.24) is 0 Å². The Morgan fingerprint density at radius 2 is 0.958 bits per heavy atom. The normalized spacial score (nSPS) is 9.92. The molecule has 0 atom stereocenters. The van der Waals surface area contributed by atoms with Gasteiger partial charge in [0.2, 0.25) is 0 Å². The molecule has 0 aromatic rings. The van der Waals surface area contributed by atoms with Crippen LogP contribution in [0.15, 0.2) is 36.5 Å². The number of hydrogen-bond acceptors (Lipinski definition) is 8. The van der Waals surface area contributed by atoms with Crippen molar-refractivity contribution < 1.29 is 38.1 Å². The summed E-state index contributed by atoms with van der Waals surface area (Å²) in [6, 6.07) is 0. The second-order valence-corrected chi connectivity index (χ2v) is 4.50.